The normalized spacial score (nSPS) is 23.3. The van der Waals surface area contributed by atoms with Gasteiger partial charge < -0.3 is 10.1 Å². The van der Waals surface area contributed by atoms with Gasteiger partial charge in [0.1, 0.15) is 5.75 Å². The molecule has 19 heavy (non-hydrogen) atoms. The number of ether oxygens (including phenoxy) is 1. The molecule has 1 unspecified atom stereocenters. The third-order valence-corrected chi connectivity index (χ3v) is 3.95. The van der Waals surface area contributed by atoms with E-state index >= 15 is 0 Å². The van der Waals surface area contributed by atoms with Gasteiger partial charge in [-0.2, -0.15) is 0 Å². The number of benzene rings is 1. The van der Waals surface area contributed by atoms with E-state index < -0.39 is 0 Å². The number of halogens is 1. The zero-order valence-electron chi connectivity index (χ0n) is 12.2. The van der Waals surface area contributed by atoms with E-state index in [4.69, 9.17) is 16.3 Å². The van der Waals surface area contributed by atoms with Crippen LogP contribution in [0, 0.1) is 0 Å². The zero-order chi connectivity index (χ0) is 14.0. The zero-order valence-corrected chi connectivity index (χ0v) is 12.9. The van der Waals surface area contributed by atoms with E-state index in [2.05, 4.69) is 31.0 Å². The van der Waals surface area contributed by atoms with Crippen molar-refractivity contribution in [1.29, 1.82) is 0 Å². The number of methoxy groups -OCH3 is 1. The predicted molar refractivity (Wildman–Crippen MR) is 80.0 cm³/mol. The third kappa shape index (κ3) is 3.62. The largest absolute Gasteiger partial charge is 0.496 e. The molecule has 1 aromatic rings. The van der Waals surface area contributed by atoms with Gasteiger partial charge in [0, 0.05) is 41.8 Å². The van der Waals surface area contributed by atoms with Crippen LogP contribution in [0.4, 0.5) is 0 Å². The fourth-order valence-electron chi connectivity index (χ4n) is 2.57. The molecule has 1 aliphatic rings. The fourth-order valence-corrected chi connectivity index (χ4v) is 2.77. The minimum atomic E-state index is 0.151. The maximum Gasteiger partial charge on any atom is 0.123 e. The molecular formula is C15H23ClN2O. The van der Waals surface area contributed by atoms with Crippen LogP contribution in [0.1, 0.15) is 26.3 Å². The molecule has 0 amide bonds. The summed E-state index contributed by atoms with van der Waals surface area (Å²) in [4.78, 5) is 2.48. The van der Waals surface area contributed by atoms with Crippen LogP contribution in [-0.2, 0) is 6.54 Å². The van der Waals surface area contributed by atoms with Crippen LogP contribution in [-0.4, -0.2) is 36.7 Å². The summed E-state index contributed by atoms with van der Waals surface area (Å²) in [6.07, 6.45) is 0. The van der Waals surface area contributed by atoms with Gasteiger partial charge >= 0.3 is 0 Å². The Morgan fingerprint density at radius 1 is 1.47 bits per heavy atom. The van der Waals surface area contributed by atoms with Crippen LogP contribution in [0.3, 0.4) is 0 Å². The Morgan fingerprint density at radius 2 is 2.21 bits per heavy atom. The molecule has 1 heterocycles. The Kier molecular flexibility index (Phi) is 4.39. The Morgan fingerprint density at radius 3 is 2.89 bits per heavy atom. The van der Waals surface area contributed by atoms with Crippen molar-refractivity contribution in [2.75, 3.05) is 20.2 Å². The molecular weight excluding hydrogens is 260 g/mol. The highest BCUT2D eigenvalue weighted by Crippen LogP contribution is 2.26. The van der Waals surface area contributed by atoms with E-state index in [-0.39, 0.29) is 5.54 Å². The summed E-state index contributed by atoms with van der Waals surface area (Å²) in [7, 11) is 1.71. The van der Waals surface area contributed by atoms with Crippen molar-refractivity contribution in [1.82, 2.24) is 10.2 Å². The fraction of sp³-hybridized carbons (Fsp3) is 0.600. The molecule has 4 heteroatoms. The Labute approximate surface area is 120 Å². The van der Waals surface area contributed by atoms with Gasteiger partial charge in [-0.15, -0.1) is 0 Å². The monoisotopic (exact) mass is 282 g/mol. The first kappa shape index (κ1) is 14.6. The summed E-state index contributed by atoms with van der Waals surface area (Å²) in [6.45, 7) is 9.62. The van der Waals surface area contributed by atoms with Crippen molar-refractivity contribution in [3.63, 3.8) is 0 Å². The first-order valence-electron chi connectivity index (χ1n) is 6.73. The van der Waals surface area contributed by atoms with E-state index in [0.717, 1.165) is 36.0 Å². The molecule has 0 aliphatic carbocycles. The topological polar surface area (TPSA) is 24.5 Å². The number of hydrogen-bond donors (Lipinski definition) is 1. The van der Waals surface area contributed by atoms with Gasteiger partial charge in [-0.3, -0.25) is 4.90 Å². The Bertz CT molecular complexity index is 448. The average Bonchev–Trinajstić information content (AvgIpc) is 2.34. The summed E-state index contributed by atoms with van der Waals surface area (Å²) < 4.78 is 5.43. The van der Waals surface area contributed by atoms with Gasteiger partial charge in [-0.25, -0.2) is 0 Å². The summed E-state index contributed by atoms with van der Waals surface area (Å²) in [6, 6.07) is 6.32. The van der Waals surface area contributed by atoms with Crippen LogP contribution >= 0.6 is 11.6 Å². The van der Waals surface area contributed by atoms with Gasteiger partial charge in [-0.05, 0) is 39.0 Å². The molecule has 106 valence electrons. The molecule has 0 bridgehead atoms. The van der Waals surface area contributed by atoms with E-state index in [9.17, 15) is 0 Å². The lowest BCUT2D eigenvalue weighted by Crippen LogP contribution is -2.60. The lowest BCUT2D eigenvalue weighted by atomic mass is 9.98. The first-order chi connectivity index (χ1) is 8.91. The second kappa shape index (κ2) is 5.70. The highest BCUT2D eigenvalue weighted by Gasteiger charge is 2.30. The highest BCUT2D eigenvalue weighted by molar-refractivity contribution is 6.30. The quantitative estimate of drug-likeness (QED) is 0.923. The van der Waals surface area contributed by atoms with Crippen molar-refractivity contribution in [3.05, 3.63) is 28.8 Å². The molecule has 1 aromatic carbocycles. The summed E-state index contributed by atoms with van der Waals surface area (Å²) >= 11 is 6.10. The molecule has 1 N–H and O–H groups in total. The molecule has 0 aromatic heterocycles. The van der Waals surface area contributed by atoms with Crippen LogP contribution in [0.25, 0.3) is 0 Å². The van der Waals surface area contributed by atoms with Gasteiger partial charge in [0.15, 0.2) is 0 Å². The minimum Gasteiger partial charge on any atom is -0.496 e. The molecule has 0 spiro atoms. The van der Waals surface area contributed by atoms with Crippen molar-refractivity contribution in [2.24, 2.45) is 0 Å². The lowest BCUT2D eigenvalue weighted by molar-refractivity contribution is 0.0969. The number of piperazine rings is 1. The van der Waals surface area contributed by atoms with E-state index in [0.29, 0.717) is 6.04 Å². The third-order valence-electron chi connectivity index (χ3n) is 3.71. The van der Waals surface area contributed by atoms with Crippen molar-refractivity contribution < 1.29 is 4.74 Å². The number of rotatable bonds is 3. The molecule has 1 saturated heterocycles. The molecule has 0 radical (unpaired) electrons. The minimum absolute atomic E-state index is 0.151. The highest BCUT2D eigenvalue weighted by atomic mass is 35.5. The summed E-state index contributed by atoms with van der Waals surface area (Å²) in [5.41, 5.74) is 1.30. The second-order valence-corrected chi connectivity index (χ2v) is 6.41. The standard InChI is InChI=1S/C15H23ClN2O/c1-11-8-17-15(2,3)10-18(11)9-12-7-13(16)5-6-14(12)19-4/h5-7,11,17H,8-10H2,1-4H3. The van der Waals surface area contributed by atoms with Crippen LogP contribution in [0.2, 0.25) is 5.02 Å². The SMILES string of the molecule is COc1ccc(Cl)cc1CN1CC(C)(C)NCC1C. The second-order valence-electron chi connectivity index (χ2n) is 5.97. The molecule has 2 rings (SSSR count). The van der Waals surface area contributed by atoms with Crippen molar-refractivity contribution in [3.8, 4) is 5.75 Å². The van der Waals surface area contributed by atoms with Gasteiger partial charge in [0.25, 0.3) is 0 Å². The summed E-state index contributed by atoms with van der Waals surface area (Å²) in [5, 5.41) is 4.33. The van der Waals surface area contributed by atoms with Crippen LogP contribution < -0.4 is 10.1 Å². The number of hydrogen-bond acceptors (Lipinski definition) is 3. The molecule has 1 aliphatic heterocycles. The van der Waals surface area contributed by atoms with Gasteiger partial charge in [0.05, 0.1) is 7.11 Å². The van der Waals surface area contributed by atoms with Gasteiger partial charge in [-0.1, -0.05) is 11.6 Å². The number of nitrogens with zero attached hydrogens (tertiary/aromatic N) is 1. The first-order valence-corrected chi connectivity index (χ1v) is 7.10. The van der Waals surface area contributed by atoms with Crippen molar-refractivity contribution in [2.45, 2.75) is 38.9 Å². The van der Waals surface area contributed by atoms with E-state index in [1.807, 2.05) is 18.2 Å². The van der Waals surface area contributed by atoms with Crippen LogP contribution in [0.15, 0.2) is 18.2 Å². The maximum atomic E-state index is 6.10. The van der Waals surface area contributed by atoms with Crippen molar-refractivity contribution >= 4 is 11.6 Å². The Balaban J connectivity index is 2.17. The molecule has 0 saturated carbocycles. The predicted octanol–water partition coefficient (Wildman–Crippen LogP) is 2.92. The van der Waals surface area contributed by atoms with Gasteiger partial charge in [0.2, 0.25) is 0 Å². The lowest BCUT2D eigenvalue weighted by Gasteiger charge is -2.43. The molecule has 1 atom stereocenters. The maximum absolute atomic E-state index is 6.10. The number of nitrogens with one attached hydrogen (secondary N) is 1. The smallest absolute Gasteiger partial charge is 0.123 e. The van der Waals surface area contributed by atoms with E-state index in [1.165, 1.54) is 0 Å². The summed E-state index contributed by atoms with van der Waals surface area (Å²) in [5.74, 6) is 0.910. The molecule has 1 fully saturated rings. The molecule has 3 nitrogen and oxygen atoms in total. The van der Waals surface area contributed by atoms with Crippen LogP contribution in [0.5, 0.6) is 5.75 Å². The Hall–Kier alpha value is -0.770. The average molecular weight is 283 g/mol. The van der Waals surface area contributed by atoms with E-state index in [1.54, 1.807) is 7.11 Å².